The molecular weight excluding hydrogens is 371 g/mol. The molecule has 1 aromatic carbocycles. The second-order valence-electron chi connectivity index (χ2n) is 4.24. The summed E-state index contributed by atoms with van der Waals surface area (Å²) in [6.07, 6.45) is -3.13. The highest BCUT2D eigenvalue weighted by molar-refractivity contribution is 9.10. The smallest absolute Gasteiger partial charge is 0.223 e. The van der Waals surface area contributed by atoms with Crippen molar-refractivity contribution in [2.24, 2.45) is 0 Å². The fourth-order valence-electron chi connectivity index (χ4n) is 1.94. The number of hydrogen-bond acceptors (Lipinski definition) is 2. The van der Waals surface area contributed by atoms with Gasteiger partial charge in [-0.2, -0.15) is 18.3 Å². The van der Waals surface area contributed by atoms with E-state index in [4.69, 9.17) is 11.6 Å². The van der Waals surface area contributed by atoms with Crippen molar-refractivity contribution in [1.29, 1.82) is 0 Å². The Bertz CT molecular complexity index is 829. The van der Waals surface area contributed by atoms with Gasteiger partial charge in [0.05, 0.1) is 6.20 Å². The topological polar surface area (TPSA) is 30.2 Å². The monoisotopic (exact) mass is 375 g/mol. The zero-order valence-corrected chi connectivity index (χ0v) is 12.5. The van der Waals surface area contributed by atoms with Crippen LogP contribution in [0.1, 0.15) is 5.69 Å². The summed E-state index contributed by atoms with van der Waals surface area (Å²) in [6, 6.07) is 7.88. The summed E-state index contributed by atoms with van der Waals surface area (Å²) in [6.45, 7) is 0. The van der Waals surface area contributed by atoms with E-state index >= 15 is 0 Å². The number of rotatable bonds is 1. The third-order valence-electron chi connectivity index (χ3n) is 2.88. The third-order valence-corrected chi connectivity index (χ3v) is 3.84. The van der Waals surface area contributed by atoms with Crippen molar-refractivity contribution in [1.82, 2.24) is 14.6 Å². The largest absolute Gasteiger partial charge is 0.433 e. The molecule has 2 aromatic heterocycles. The van der Waals surface area contributed by atoms with E-state index in [1.165, 1.54) is 10.7 Å². The summed E-state index contributed by atoms with van der Waals surface area (Å²) in [4.78, 5) is 3.65. The lowest BCUT2D eigenvalue weighted by atomic mass is 10.1. The lowest BCUT2D eigenvalue weighted by Crippen LogP contribution is -2.10. The van der Waals surface area contributed by atoms with Gasteiger partial charge in [-0.15, -0.1) is 0 Å². The van der Waals surface area contributed by atoms with Crippen molar-refractivity contribution in [2.45, 2.75) is 6.18 Å². The van der Waals surface area contributed by atoms with E-state index in [9.17, 15) is 13.2 Å². The molecule has 21 heavy (non-hydrogen) atoms. The summed E-state index contributed by atoms with van der Waals surface area (Å²) >= 11 is 9.22. The second-order valence-corrected chi connectivity index (χ2v) is 5.48. The van der Waals surface area contributed by atoms with Crippen LogP contribution in [0.2, 0.25) is 5.15 Å². The highest BCUT2D eigenvalue weighted by Gasteiger charge is 2.34. The maximum atomic E-state index is 12.9. The Morgan fingerprint density at radius 3 is 2.52 bits per heavy atom. The van der Waals surface area contributed by atoms with E-state index in [1.54, 1.807) is 24.3 Å². The van der Waals surface area contributed by atoms with Crippen LogP contribution in [0.25, 0.3) is 16.8 Å². The van der Waals surface area contributed by atoms with Gasteiger partial charge in [0.1, 0.15) is 10.8 Å². The fourth-order valence-corrected chi connectivity index (χ4v) is 2.67. The first-order chi connectivity index (χ1) is 9.88. The molecule has 3 aromatic rings. The minimum absolute atomic E-state index is 0.0572. The van der Waals surface area contributed by atoms with Crippen molar-refractivity contribution in [2.75, 3.05) is 0 Å². The number of fused-ring (bicyclic) bond motifs is 1. The van der Waals surface area contributed by atoms with E-state index in [0.29, 0.717) is 11.1 Å². The average molecular weight is 377 g/mol. The molecule has 0 saturated carbocycles. The van der Waals surface area contributed by atoms with E-state index < -0.39 is 11.9 Å². The van der Waals surface area contributed by atoms with Gasteiger partial charge in [-0.05, 0) is 6.07 Å². The van der Waals surface area contributed by atoms with Gasteiger partial charge in [-0.1, -0.05) is 45.7 Å². The number of nitrogens with zero attached hydrogens (tertiary/aromatic N) is 3. The molecule has 0 atom stereocenters. The minimum Gasteiger partial charge on any atom is -0.223 e. The Hall–Kier alpha value is -1.60. The molecule has 0 aliphatic heterocycles. The Kier molecular flexibility index (Phi) is 3.41. The van der Waals surface area contributed by atoms with Crippen molar-refractivity contribution < 1.29 is 13.2 Å². The fraction of sp³-hybridized carbons (Fsp3) is 0.0769. The van der Waals surface area contributed by atoms with Gasteiger partial charge in [-0.3, -0.25) is 0 Å². The second kappa shape index (κ2) is 4.99. The van der Waals surface area contributed by atoms with Gasteiger partial charge >= 0.3 is 6.18 Å². The Morgan fingerprint density at radius 2 is 1.86 bits per heavy atom. The predicted octanol–water partition coefficient (Wildman–Crippen LogP) is 4.83. The number of hydrogen-bond donors (Lipinski definition) is 0. The summed E-state index contributed by atoms with van der Waals surface area (Å²) in [5.41, 5.74) is 0.168. The maximum absolute atomic E-state index is 12.9. The Labute approximate surface area is 130 Å². The molecule has 0 unspecified atom stereocenters. The lowest BCUT2D eigenvalue weighted by Gasteiger charge is -2.08. The molecule has 3 nitrogen and oxygen atoms in total. The van der Waals surface area contributed by atoms with E-state index in [2.05, 4.69) is 26.0 Å². The van der Waals surface area contributed by atoms with E-state index in [1.807, 2.05) is 0 Å². The molecular formula is C13H6BrClF3N3. The molecule has 0 aliphatic carbocycles. The molecule has 0 amide bonds. The van der Waals surface area contributed by atoms with Gasteiger partial charge in [0.2, 0.25) is 0 Å². The highest BCUT2D eigenvalue weighted by Crippen LogP contribution is 2.34. The van der Waals surface area contributed by atoms with Crippen LogP contribution in [0.5, 0.6) is 0 Å². The molecule has 0 fully saturated rings. The van der Waals surface area contributed by atoms with E-state index in [-0.39, 0.29) is 10.8 Å². The molecule has 0 radical (unpaired) electrons. The van der Waals surface area contributed by atoms with Gasteiger partial charge in [-0.25, -0.2) is 9.50 Å². The maximum Gasteiger partial charge on any atom is 0.433 e. The molecule has 0 N–H and O–H groups in total. The highest BCUT2D eigenvalue weighted by atomic mass is 79.9. The number of aromatic nitrogens is 3. The predicted molar refractivity (Wildman–Crippen MR) is 76.1 cm³/mol. The van der Waals surface area contributed by atoms with Crippen molar-refractivity contribution in [3.8, 4) is 11.1 Å². The van der Waals surface area contributed by atoms with Crippen molar-refractivity contribution >= 4 is 33.2 Å². The summed E-state index contributed by atoms with van der Waals surface area (Å²) in [5, 5.41) is 3.85. The minimum atomic E-state index is -4.57. The first-order valence-electron chi connectivity index (χ1n) is 5.74. The number of benzene rings is 1. The summed E-state index contributed by atoms with van der Waals surface area (Å²) in [7, 11) is 0. The quantitative estimate of drug-likeness (QED) is 0.569. The molecule has 8 heteroatoms. The molecule has 3 rings (SSSR count). The number of alkyl halides is 3. The van der Waals surface area contributed by atoms with E-state index in [0.717, 1.165) is 10.5 Å². The Morgan fingerprint density at radius 1 is 1.14 bits per heavy atom. The average Bonchev–Trinajstić information content (AvgIpc) is 2.82. The molecule has 108 valence electrons. The zero-order valence-electron chi connectivity index (χ0n) is 10.2. The van der Waals surface area contributed by atoms with Crippen LogP contribution in [0.15, 0.2) is 41.0 Å². The first kappa shape index (κ1) is 14.3. The van der Waals surface area contributed by atoms with Gasteiger partial charge < -0.3 is 0 Å². The van der Waals surface area contributed by atoms with Crippen LogP contribution in [-0.4, -0.2) is 14.6 Å². The molecule has 0 aliphatic rings. The van der Waals surface area contributed by atoms with Crippen LogP contribution in [0.4, 0.5) is 13.2 Å². The summed E-state index contributed by atoms with van der Waals surface area (Å²) < 4.78 is 40.5. The van der Waals surface area contributed by atoms with Crippen molar-refractivity contribution in [3.63, 3.8) is 0 Å². The third kappa shape index (κ3) is 2.51. The first-order valence-corrected chi connectivity index (χ1v) is 6.91. The SMILES string of the molecule is FC(F)(F)c1cc(Cl)n2ncc(-c3ccccc3Br)c2n1. The van der Waals surface area contributed by atoms with Gasteiger partial charge in [0.25, 0.3) is 0 Å². The van der Waals surface area contributed by atoms with Crippen LogP contribution >= 0.6 is 27.5 Å². The van der Waals surface area contributed by atoms with Gasteiger partial charge in [0, 0.05) is 21.7 Å². The van der Waals surface area contributed by atoms with Crippen LogP contribution in [0.3, 0.4) is 0 Å². The standard InChI is InChI=1S/C13H6BrClF3N3/c14-9-4-2-1-3-7(9)8-6-19-21-11(15)5-10(13(16,17)18)20-12(8)21/h1-6H. The summed E-state index contributed by atoms with van der Waals surface area (Å²) in [5.74, 6) is 0. The van der Waals surface area contributed by atoms with Crippen LogP contribution < -0.4 is 0 Å². The van der Waals surface area contributed by atoms with Crippen LogP contribution in [0, 0.1) is 0 Å². The lowest BCUT2D eigenvalue weighted by molar-refractivity contribution is -0.141. The number of halogens is 5. The molecule has 0 spiro atoms. The molecule has 2 heterocycles. The molecule has 0 bridgehead atoms. The normalized spacial score (nSPS) is 12.0. The van der Waals surface area contributed by atoms with Crippen molar-refractivity contribution in [3.05, 3.63) is 51.8 Å². The van der Waals surface area contributed by atoms with Crippen LogP contribution in [-0.2, 0) is 6.18 Å². The van der Waals surface area contributed by atoms with Gasteiger partial charge in [0.15, 0.2) is 5.65 Å². The zero-order chi connectivity index (χ0) is 15.2. The Balaban J connectivity index is 2.31. The molecule has 0 saturated heterocycles.